The Hall–Kier alpha value is -2.33. The van der Waals surface area contributed by atoms with Crippen molar-refractivity contribution in [3.05, 3.63) is 60.2 Å². The number of carbonyl (C=O) groups excluding carboxylic acids is 1. The summed E-state index contributed by atoms with van der Waals surface area (Å²) in [6, 6.07) is 15.9. The van der Waals surface area contributed by atoms with Gasteiger partial charge in [0.25, 0.3) is 0 Å². The van der Waals surface area contributed by atoms with E-state index in [9.17, 15) is 4.79 Å². The van der Waals surface area contributed by atoms with Crippen LogP contribution >= 0.6 is 0 Å². The minimum atomic E-state index is -0.679. The van der Waals surface area contributed by atoms with Gasteiger partial charge in [-0.25, -0.2) is 0 Å². The van der Waals surface area contributed by atoms with Gasteiger partial charge in [0.05, 0.1) is 6.61 Å². The fourth-order valence-electron chi connectivity index (χ4n) is 1.89. The Bertz CT molecular complexity index is 567. The van der Waals surface area contributed by atoms with Crippen LogP contribution in [-0.4, -0.2) is 12.5 Å². The molecule has 2 aromatic rings. The Morgan fingerprint density at radius 3 is 2.43 bits per heavy atom. The zero-order valence-electron chi connectivity index (χ0n) is 12.1. The highest BCUT2D eigenvalue weighted by atomic mass is 16.5. The van der Waals surface area contributed by atoms with Crippen LogP contribution in [0, 0.1) is 0 Å². The van der Waals surface area contributed by atoms with Crippen LogP contribution in [0.25, 0.3) is 0 Å². The normalized spacial score (nSPS) is 11.7. The first-order valence-corrected chi connectivity index (χ1v) is 7.05. The van der Waals surface area contributed by atoms with Crippen LogP contribution in [0.1, 0.15) is 24.9 Å². The van der Waals surface area contributed by atoms with Crippen LogP contribution in [0.5, 0.6) is 5.75 Å². The summed E-state index contributed by atoms with van der Waals surface area (Å²) < 4.78 is 5.49. The summed E-state index contributed by atoms with van der Waals surface area (Å²) in [5.41, 5.74) is 7.44. The van der Waals surface area contributed by atoms with Gasteiger partial charge in [-0.3, -0.25) is 4.79 Å². The number of nitrogens with two attached hydrogens (primary N) is 1. The summed E-state index contributed by atoms with van der Waals surface area (Å²) in [6.07, 6.45) is 0.963. The van der Waals surface area contributed by atoms with Crippen molar-refractivity contribution >= 4 is 11.6 Å². The molecule has 0 bridgehead atoms. The molecular formula is C17H20N2O2. The van der Waals surface area contributed by atoms with Gasteiger partial charge in [0, 0.05) is 5.69 Å². The van der Waals surface area contributed by atoms with Crippen LogP contribution in [0.4, 0.5) is 5.69 Å². The van der Waals surface area contributed by atoms with E-state index < -0.39 is 6.04 Å². The van der Waals surface area contributed by atoms with E-state index in [0.717, 1.165) is 17.7 Å². The summed E-state index contributed by atoms with van der Waals surface area (Å²) in [7, 11) is 0. The Morgan fingerprint density at radius 2 is 1.81 bits per heavy atom. The molecule has 0 saturated heterocycles. The molecule has 2 rings (SSSR count). The number of ether oxygens (including phenoxy) is 1. The molecule has 0 unspecified atom stereocenters. The molecule has 0 aliphatic heterocycles. The largest absolute Gasteiger partial charge is 0.494 e. The van der Waals surface area contributed by atoms with Gasteiger partial charge in [0.15, 0.2) is 0 Å². The van der Waals surface area contributed by atoms with Crippen molar-refractivity contribution in [1.82, 2.24) is 0 Å². The van der Waals surface area contributed by atoms with Crippen molar-refractivity contribution < 1.29 is 9.53 Å². The molecule has 4 heteroatoms. The van der Waals surface area contributed by atoms with Crippen molar-refractivity contribution in [2.45, 2.75) is 19.4 Å². The molecule has 0 aromatic heterocycles. The molecule has 3 N–H and O–H groups in total. The van der Waals surface area contributed by atoms with Crippen molar-refractivity contribution in [3.63, 3.8) is 0 Å². The lowest BCUT2D eigenvalue weighted by atomic mass is 10.1. The van der Waals surface area contributed by atoms with E-state index in [1.807, 2.05) is 42.5 Å². The SMILES string of the molecule is CCCOc1ccc(NC(=O)[C@@H](N)c2ccccc2)cc1. The number of nitrogens with one attached hydrogen (secondary N) is 1. The van der Waals surface area contributed by atoms with Crippen LogP contribution in [0.2, 0.25) is 0 Å². The first kappa shape index (κ1) is 15.1. The second-order valence-corrected chi connectivity index (χ2v) is 4.75. The molecule has 1 amide bonds. The molecule has 110 valence electrons. The van der Waals surface area contributed by atoms with Gasteiger partial charge in [-0.15, -0.1) is 0 Å². The van der Waals surface area contributed by atoms with Crippen LogP contribution < -0.4 is 15.8 Å². The molecular weight excluding hydrogens is 264 g/mol. The number of amides is 1. The minimum Gasteiger partial charge on any atom is -0.494 e. The molecule has 0 aliphatic rings. The monoisotopic (exact) mass is 284 g/mol. The summed E-state index contributed by atoms with van der Waals surface area (Å²) >= 11 is 0. The van der Waals surface area contributed by atoms with Gasteiger partial charge < -0.3 is 15.8 Å². The van der Waals surface area contributed by atoms with Gasteiger partial charge >= 0.3 is 0 Å². The van der Waals surface area contributed by atoms with Gasteiger partial charge in [-0.05, 0) is 36.2 Å². The van der Waals surface area contributed by atoms with E-state index in [1.165, 1.54) is 0 Å². The summed E-state index contributed by atoms with van der Waals surface area (Å²) in [4.78, 5) is 12.1. The fraction of sp³-hybridized carbons (Fsp3) is 0.235. The summed E-state index contributed by atoms with van der Waals surface area (Å²) in [5, 5.41) is 2.80. The predicted octanol–water partition coefficient (Wildman–Crippen LogP) is 3.11. The predicted molar refractivity (Wildman–Crippen MR) is 84.2 cm³/mol. The lowest BCUT2D eigenvalue weighted by molar-refractivity contribution is -0.117. The van der Waals surface area contributed by atoms with E-state index in [2.05, 4.69) is 12.2 Å². The minimum absolute atomic E-state index is 0.233. The smallest absolute Gasteiger partial charge is 0.245 e. The average molecular weight is 284 g/mol. The van der Waals surface area contributed by atoms with Crippen LogP contribution in [-0.2, 0) is 4.79 Å². The number of anilines is 1. The fourth-order valence-corrected chi connectivity index (χ4v) is 1.89. The molecule has 0 radical (unpaired) electrons. The van der Waals surface area contributed by atoms with Crippen LogP contribution in [0.15, 0.2) is 54.6 Å². The molecule has 2 aromatic carbocycles. The maximum absolute atomic E-state index is 12.1. The highest BCUT2D eigenvalue weighted by molar-refractivity contribution is 5.95. The third kappa shape index (κ3) is 4.33. The second-order valence-electron chi connectivity index (χ2n) is 4.75. The van der Waals surface area contributed by atoms with Crippen molar-refractivity contribution in [3.8, 4) is 5.75 Å². The number of rotatable bonds is 6. The molecule has 0 fully saturated rings. The topological polar surface area (TPSA) is 64.3 Å². The standard InChI is InChI=1S/C17H20N2O2/c1-2-12-21-15-10-8-14(9-11-15)19-17(20)16(18)13-6-4-3-5-7-13/h3-11,16H,2,12,18H2,1H3,(H,19,20)/t16-/m0/s1. The first-order chi connectivity index (χ1) is 10.2. The highest BCUT2D eigenvalue weighted by Gasteiger charge is 2.15. The maximum Gasteiger partial charge on any atom is 0.245 e. The van der Waals surface area contributed by atoms with Crippen molar-refractivity contribution in [1.29, 1.82) is 0 Å². The lowest BCUT2D eigenvalue weighted by Gasteiger charge is -2.13. The Morgan fingerprint density at radius 1 is 1.14 bits per heavy atom. The molecule has 0 spiro atoms. The number of carbonyl (C=O) groups is 1. The summed E-state index contributed by atoms with van der Waals surface area (Å²) in [5.74, 6) is 0.561. The molecule has 4 nitrogen and oxygen atoms in total. The number of hydrogen-bond acceptors (Lipinski definition) is 3. The zero-order chi connectivity index (χ0) is 15.1. The number of benzene rings is 2. The Kier molecular flexibility index (Phi) is 5.35. The molecule has 1 atom stereocenters. The molecule has 0 saturated carbocycles. The van der Waals surface area contributed by atoms with Gasteiger partial charge in [-0.2, -0.15) is 0 Å². The zero-order valence-corrected chi connectivity index (χ0v) is 12.1. The maximum atomic E-state index is 12.1. The molecule has 21 heavy (non-hydrogen) atoms. The Labute approximate surface area is 124 Å². The molecule has 0 heterocycles. The van der Waals surface area contributed by atoms with Gasteiger partial charge in [-0.1, -0.05) is 37.3 Å². The quantitative estimate of drug-likeness (QED) is 0.856. The average Bonchev–Trinajstić information content (AvgIpc) is 2.54. The van der Waals surface area contributed by atoms with E-state index in [4.69, 9.17) is 10.5 Å². The second kappa shape index (κ2) is 7.45. The first-order valence-electron chi connectivity index (χ1n) is 7.05. The van der Waals surface area contributed by atoms with Crippen molar-refractivity contribution in [2.24, 2.45) is 5.73 Å². The van der Waals surface area contributed by atoms with E-state index in [0.29, 0.717) is 12.3 Å². The van der Waals surface area contributed by atoms with Crippen LogP contribution in [0.3, 0.4) is 0 Å². The Balaban J connectivity index is 1.96. The van der Waals surface area contributed by atoms with Crippen molar-refractivity contribution in [2.75, 3.05) is 11.9 Å². The number of hydrogen-bond donors (Lipinski definition) is 2. The van der Waals surface area contributed by atoms with E-state index in [-0.39, 0.29) is 5.91 Å². The van der Waals surface area contributed by atoms with Gasteiger partial charge in [0.2, 0.25) is 5.91 Å². The van der Waals surface area contributed by atoms with E-state index >= 15 is 0 Å². The third-order valence-electron chi connectivity index (χ3n) is 3.04. The third-order valence-corrected chi connectivity index (χ3v) is 3.04. The summed E-state index contributed by atoms with van der Waals surface area (Å²) in [6.45, 7) is 2.74. The molecule has 0 aliphatic carbocycles. The van der Waals surface area contributed by atoms with E-state index in [1.54, 1.807) is 12.1 Å². The highest BCUT2D eigenvalue weighted by Crippen LogP contribution is 2.18. The lowest BCUT2D eigenvalue weighted by Crippen LogP contribution is -2.27. The van der Waals surface area contributed by atoms with Gasteiger partial charge in [0.1, 0.15) is 11.8 Å².